The Kier molecular flexibility index (Phi) is 7.21. The van der Waals surface area contributed by atoms with Gasteiger partial charge in [0, 0.05) is 48.8 Å². The van der Waals surface area contributed by atoms with E-state index in [0.29, 0.717) is 0 Å². The van der Waals surface area contributed by atoms with Crippen LogP contribution in [0.4, 0.5) is 0 Å². The Morgan fingerprint density at radius 3 is 1.06 bits per heavy atom. The van der Waals surface area contributed by atoms with E-state index >= 15 is 0 Å². The van der Waals surface area contributed by atoms with Gasteiger partial charge in [0.25, 0.3) is 0 Å². The Bertz CT molecular complexity index is 2700. The maximum absolute atomic E-state index is 5.78. The fraction of sp³-hybridized carbons (Fsp3) is 0.308. The zero-order valence-electron chi connectivity index (χ0n) is 34.1. The smallest absolute Gasteiger partial charge is 0.0817 e. The van der Waals surface area contributed by atoms with Crippen molar-refractivity contribution in [2.45, 2.75) is 105 Å². The normalized spacial score (nSPS) is 13.6. The molecule has 0 saturated carbocycles. The molecule has 0 N–H and O–H groups in total. The highest BCUT2D eigenvalue weighted by atomic mass is 14.8. The van der Waals surface area contributed by atoms with Crippen molar-refractivity contribution in [2.24, 2.45) is 0 Å². The predicted molar refractivity (Wildman–Crippen MR) is 235 cm³/mol. The molecule has 0 aliphatic carbocycles. The number of benzene rings is 7. The van der Waals surface area contributed by atoms with Gasteiger partial charge in [0.05, 0.1) is 22.4 Å². The van der Waals surface area contributed by atoms with Crippen LogP contribution < -0.4 is 0 Å². The molecule has 7 aromatic carbocycles. The van der Waals surface area contributed by atoms with Crippen LogP contribution in [0.15, 0.2) is 97.1 Å². The molecule has 0 aliphatic heterocycles. The van der Waals surface area contributed by atoms with Gasteiger partial charge in [-0.05, 0) is 84.3 Å². The van der Waals surface area contributed by atoms with Crippen LogP contribution in [0.25, 0.3) is 87.4 Å². The molecule has 0 bridgehead atoms. The molecule has 2 heterocycles. The lowest BCUT2D eigenvalue weighted by Gasteiger charge is -2.27. The maximum atomic E-state index is 5.78. The average Bonchev–Trinajstić information content (AvgIpc) is 3.11. The second-order valence-corrected chi connectivity index (χ2v) is 20.0. The van der Waals surface area contributed by atoms with Crippen LogP contribution >= 0.6 is 0 Å². The molecule has 2 nitrogen and oxygen atoms in total. The van der Waals surface area contributed by atoms with Gasteiger partial charge in [0.15, 0.2) is 0 Å². The number of pyridine rings is 2. The third-order valence-corrected chi connectivity index (χ3v) is 11.9. The van der Waals surface area contributed by atoms with Crippen LogP contribution in [-0.4, -0.2) is 9.97 Å². The topological polar surface area (TPSA) is 25.8 Å². The largest absolute Gasteiger partial charge is 0.246 e. The van der Waals surface area contributed by atoms with Crippen molar-refractivity contribution in [1.82, 2.24) is 9.97 Å². The second-order valence-electron chi connectivity index (χ2n) is 20.0. The van der Waals surface area contributed by atoms with E-state index in [0.717, 1.165) is 27.8 Å². The first kappa shape index (κ1) is 34.7. The SMILES string of the molecule is CC(C)(C)c1cc(-c2nc3c4ccc5cccc6ccc(c7nc(-c8cc(C(C)(C)C)cc(C(C)(C)C)c8)c8cccc2c8c37)c4c56)cc(C(C)(C)C)c1. The molecule has 0 fully saturated rings. The van der Waals surface area contributed by atoms with Crippen molar-refractivity contribution in [3.05, 3.63) is 119 Å². The quantitative estimate of drug-likeness (QED) is 0.132. The van der Waals surface area contributed by atoms with Crippen LogP contribution in [0.1, 0.15) is 105 Å². The summed E-state index contributed by atoms with van der Waals surface area (Å²) < 4.78 is 0. The summed E-state index contributed by atoms with van der Waals surface area (Å²) >= 11 is 0. The molecular formula is C52H52N2. The highest BCUT2D eigenvalue weighted by Gasteiger charge is 2.28. The molecule has 0 aliphatic rings. The highest BCUT2D eigenvalue weighted by molar-refractivity contribution is 6.39. The molecule has 9 aromatic rings. The fourth-order valence-corrected chi connectivity index (χ4v) is 8.59. The third kappa shape index (κ3) is 5.28. The molecule has 9 rings (SSSR count). The number of aromatic nitrogens is 2. The average molecular weight is 705 g/mol. The Hall–Kier alpha value is -5.08. The van der Waals surface area contributed by atoms with Gasteiger partial charge in [-0.2, -0.15) is 0 Å². The van der Waals surface area contributed by atoms with Gasteiger partial charge in [0.2, 0.25) is 0 Å². The van der Waals surface area contributed by atoms with Gasteiger partial charge in [0.1, 0.15) is 0 Å². The third-order valence-electron chi connectivity index (χ3n) is 11.9. The lowest BCUT2D eigenvalue weighted by atomic mass is 9.78. The van der Waals surface area contributed by atoms with Crippen molar-refractivity contribution in [2.75, 3.05) is 0 Å². The molecule has 2 aromatic heterocycles. The van der Waals surface area contributed by atoms with Crippen molar-refractivity contribution in [3.63, 3.8) is 0 Å². The van der Waals surface area contributed by atoms with E-state index in [9.17, 15) is 0 Å². The molecule has 54 heavy (non-hydrogen) atoms. The summed E-state index contributed by atoms with van der Waals surface area (Å²) in [5, 5.41) is 12.2. The van der Waals surface area contributed by atoms with E-state index < -0.39 is 0 Å². The van der Waals surface area contributed by atoms with E-state index in [4.69, 9.17) is 9.97 Å². The molecule has 0 saturated heterocycles. The second kappa shape index (κ2) is 11.2. The molecule has 270 valence electrons. The first-order valence-electron chi connectivity index (χ1n) is 19.7. The van der Waals surface area contributed by atoms with Crippen molar-refractivity contribution >= 4 is 64.9 Å². The Morgan fingerprint density at radius 2 is 0.685 bits per heavy atom. The number of rotatable bonds is 2. The number of fused-ring (bicyclic) bond motifs is 2. The summed E-state index contributed by atoms with van der Waals surface area (Å²) in [5.41, 5.74) is 11.7. The van der Waals surface area contributed by atoms with E-state index in [2.05, 4.69) is 180 Å². The van der Waals surface area contributed by atoms with Crippen LogP contribution in [0.2, 0.25) is 0 Å². The summed E-state index contributed by atoms with van der Waals surface area (Å²) in [6.45, 7) is 27.8. The highest BCUT2D eigenvalue weighted by Crippen LogP contribution is 2.49. The van der Waals surface area contributed by atoms with Crippen LogP contribution in [0.5, 0.6) is 0 Å². The Balaban J connectivity index is 1.52. The zero-order valence-corrected chi connectivity index (χ0v) is 34.1. The lowest BCUT2D eigenvalue weighted by Crippen LogP contribution is -2.16. The van der Waals surface area contributed by atoms with E-state index in [1.807, 2.05) is 0 Å². The first-order chi connectivity index (χ1) is 25.3. The van der Waals surface area contributed by atoms with Gasteiger partial charge in [-0.1, -0.05) is 156 Å². The van der Waals surface area contributed by atoms with Crippen molar-refractivity contribution in [1.29, 1.82) is 0 Å². The molecule has 0 unspecified atom stereocenters. The molecule has 0 spiro atoms. The van der Waals surface area contributed by atoms with Crippen LogP contribution in [-0.2, 0) is 21.7 Å². The van der Waals surface area contributed by atoms with E-state index in [1.165, 1.54) is 81.9 Å². The van der Waals surface area contributed by atoms with Crippen molar-refractivity contribution < 1.29 is 0 Å². The van der Waals surface area contributed by atoms with Crippen LogP contribution in [0.3, 0.4) is 0 Å². The molecule has 2 heteroatoms. The zero-order chi connectivity index (χ0) is 38.3. The number of hydrogen-bond acceptors (Lipinski definition) is 2. The minimum Gasteiger partial charge on any atom is -0.246 e. The van der Waals surface area contributed by atoms with Gasteiger partial charge in [-0.25, -0.2) is 9.97 Å². The number of hydrogen-bond donors (Lipinski definition) is 0. The summed E-state index contributed by atoms with van der Waals surface area (Å²) in [7, 11) is 0. The Labute approximate surface area is 320 Å². The molecule has 0 radical (unpaired) electrons. The van der Waals surface area contributed by atoms with Gasteiger partial charge in [-0.15, -0.1) is 0 Å². The predicted octanol–water partition coefficient (Wildman–Crippen LogP) is 14.8. The van der Waals surface area contributed by atoms with Crippen LogP contribution in [0, 0.1) is 0 Å². The monoisotopic (exact) mass is 704 g/mol. The molecule has 0 atom stereocenters. The molecular weight excluding hydrogens is 653 g/mol. The first-order valence-corrected chi connectivity index (χ1v) is 19.7. The minimum atomic E-state index is -0.0185. The standard InChI is InChI=1S/C52H52N2/c1-49(2,3)33-23-31(24-34(27-33)50(4,5)6)45-37-17-14-18-38-43(37)44-47(53-45)39-21-19-29-15-13-16-30-20-22-40(42(39)41(29)30)48(44)54-46(38)32-25-35(51(7,8)9)28-36(26-32)52(10,11)12/h13-28H,1-12H3. The summed E-state index contributed by atoms with van der Waals surface area (Å²) in [6, 6.07) is 37.0. The lowest BCUT2D eigenvalue weighted by molar-refractivity contribution is 0.568. The minimum absolute atomic E-state index is 0.0185. The van der Waals surface area contributed by atoms with Gasteiger partial charge in [-0.3, -0.25) is 0 Å². The summed E-state index contributed by atoms with van der Waals surface area (Å²) in [6.07, 6.45) is 0. The molecule has 0 amide bonds. The summed E-state index contributed by atoms with van der Waals surface area (Å²) in [4.78, 5) is 11.6. The fourth-order valence-electron chi connectivity index (χ4n) is 8.59. The van der Waals surface area contributed by atoms with E-state index in [-0.39, 0.29) is 21.7 Å². The Morgan fingerprint density at radius 1 is 0.333 bits per heavy atom. The van der Waals surface area contributed by atoms with E-state index in [1.54, 1.807) is 0 Å². The number of nitrogens with zero attached hydrogens (tertiary/aromatic N) is 2. The maximum Gasteiger partial charge on any atom is 0.0817 e. The van der Waals surface area contributed by atoms with Gasteiger partial charge < -0.3 is 0 Å². The summed E-state index contributed by atoms with van der Waals surface area (Å²) in [5.74, 6) is 0. The van der Waals surface area contributed by atoms with Crippen molar-refractivity contribution in [3.8, 4) is 22.5 Å². The van der Waals surface area contributed by atoms with Gasteiger partial charge >= 0.3 is 0 Å².